The predicted molar refractivity (Wildman–Crippen MR) is 136 cm³/mol. The van der Waals surface area contributed by atoms with Crippen LogP contribution in [0.2, 0.25) is 0 Å². The summed E-state index contributed by atoms with van der Waals surface area (Å²) in [4.78, 5) is 39.5. The van der Waals surface area contributed by atoms with E-state index < -0.39 is 88.9 Å². The number of hydrogen-bond donors (Lipinski definition) is 5. The molecular formula is C29H36O11. The summed E-state index contributed by atoms with van der Waals surface area (Å²) < 4.78 is 17.4. The Hall–Kier alpha value is -2.83. The number of carbonyl (C=O) groups is 3. The van der Waals surface area contributed by atoms with Gasteiger partial charge in [-0.1, -0.05) is 25.1 Å². The molecule has 2 bridgehead atoms. The minimum Gasteiger partial charge on any atom is -0.459 e. The monoisotopic (exact) mass is 560 g/mol. The lowest BCUT2D eigenvalue weighted by Gasteiger charge is -2.71. The quantitative estimate of drug-likeness (QED) is 0.195. The lowest BCUT2D eigenvalue weighted by Crippen LogP contribution is -2.85. The van der Waals surface area contributed by atoms with Crippen LogP contribution in [0.4, 0.5) is 0 Å². The SMILES string of the molecule is CC(=O)O[C@H]1C[C@H](O)[C@]2(C)[C@H]([C@H](OC(=O)c3ccccc3)[C@]34C[C@H](O)C(C)=C3[C@@]2(O)C(=O)OC4(C)C)[C@]1(O)CO. The number of cyclic esters (lactones) is 1. The maximum atomic E-state index is 13.8. The Labute approximate surface area is 231 Å². The van der Waals surface area contributed by atoms with Crippen molar-refractivity contribution in [1.82, 2.24) is 0 Å². The molecule has 0 amide bonds. The van der Waals surface area contributed by atoms with Gasteiger partial charge in [0.05, 0.1) is 29.8 Å². The molecule has 40 heavy (non-hydrogen) atoms. The molecule has 11 nitrogen and oxygen atoms in total. The molecule has 3 aliphatic carbocycles. The first-order valence-electron chi connectivity index (χ1n) is 13.3. The lowest BCUT2D eigenvalue weighted by atomic mass is 9.38. The minimum absolute atomic E-state index is 0.0589. The zero-order chi connectivity index (χ0) is 29.6. The predicted octanol–water partition coefficient (Wildman–Crippen LogP) is 0.402. The number of fused-ring (bicyclic) bond motifs is 2. The molecule has 5 rings (SSSR count). The summed E-state index contributed by atoms with van der Waals surface area (Å²) in [6, 6.07) is 8.01. The van der Waals surface area contributed by atoms with Crippen molar-refractivity contribution in [2.75, 3.05) is 6.61 Å². The average molecular weight is 561 g/mol. The van der Waals surface area contributed by atoms with E-state index in [0.29, 0.717) is 0 Å². The minimum atomic E-state index is -2.60. The van der Waals surface area contributed by atoms with Gasteiger partial charge in [0.15, 0.2) is 5.60 Å². The van der Waals surface area contributed by atoms with Crippen LogP contribution >= 0.6 is 0 Å². The number of esters is 3. The van der Waals surface area contributed by atoms with Crippen molar-refractivity contribution in [3.8, 4) is 0 Å². The van der Waals surface area contributed by atoms with Crippen LogP contribution < -0.4 is 0 Å². The fourth-order valence-corrected chi connectivity index (χ4v) is 8.21. The van der Waals surface area contributed by atoms with Crippen molar-refractivity contribution >= 4 is 17.9 Å². The summed E-state index contributed by atoms with van der Waals surface area (Å²) in [5, 5.41) is 58.3. The first-order chi connectivity index (χ1) is 18.5. The van der Waals surface area contributed by atoms with E-state index in [1.165, 1.54) is 19.1 Å². The zero-order valence-corrected chi connectivity index (χ0v) is 23.1. The van der Waals surface area contributed by atoms with Crippen LogP contribution in [0, 0.1) is 16.7 Å². The Balaban J connectivity index is 1.85. The number of hydrogen-bond acceptors (Lipinski definition) is 11. The Morgan fingerprint density at radius 3 is 2.27 bits per heavy atom. The van der Waals surface area contributed by atoms with Crippen LogP contribution in [0.5, 0.6) is 0 Å². The molecule has 4 aliphatic rings. The number of rotatable bonds is 4. The molecule has 0 spiro atoms. The molecule has 1 aromatic carbocycles. The molecule has 2 saturated carbocycles. The van der Waals surface area contributed by atoms with Gasteiger partial charge >= 0.3 is 17.9 Å². The summed E-state index contributed by atoms with van der Waals surface area (Å²) in [6.45, 7) is 6.09. The molecule has 1 aliphatic heterocycles. The molecule has 1 aromatic rings. The summed E-state index contributed by atoms with van der Waals surface area (Å²) in [5.41, 5.74) is -9.68. The Morgan fingerprint density at radius 2 is 1.70 bits per heavy atom. The topological polar surface area (TPSA) is 180 Å². The molecule has 1 saturated heterocycles. The second-order valence-corrected chi connectivity index (χ2v) is 12.3. The molecule has 5 N–H and O–H groups in total. The van der Waals surface area contributed by atoms with E-state index in [1.807, 2.05) is 0 Å². The highest BCUT2D eigenvalue weighted by atomic mass is 16.6. The summed E-state index contributed by atoms with van der Waals surface area (Å²) in [7, 11) is 0. The third kappa shape index (κ3) is 3.26. The summed E-state index contributed by atoms with van der Waals surface area (Å²) in [6.07, 6.45) is -6.41. The number of ether oxygens (including phenoxy) is 3. The Morgan fingerprint density at radius 1 is 1.07 bits per heavy atom. The molecule has 3 fully saturated rings. The van der Waals surface area contributed by atoms with Gasteiger partial charge in [0.25, 0.3) is 0 Å². The maximum Gasteiger partial charge on any atom is 0.343 e. The number of benzene rings is 1. The lowest BCUT2D eigenvalue weighted by molar-refractivity contribution is -0.341. The number of aliphatic hydroxyl groups is 5. The molecule has 0 unspecified atom stereocenters. The average Bonchev–Trinajstić information content (AvgIpc) is 3.17. The molecular weight excluding hydrogens is 524 g/mol. The molecule has 0 aromatic heterocycles. The van der Waals surface area contributed by atoms with Crippen molar-refractivity contribution in [3.63, 3.8) is 0 Å². The van der Waals surface area contributed by atoms with Crippen molar-refractivity contribution in [2.24, 2.45) is 16.7 Å². The third-order valence-corrected chi connectivity index (χ3v) is 10.2. The van der Waals surface area contributed by atoms with Gasteiger partial charge in [-0.3, -0.25) is 4.79 Å². The van der Waals surface area contributed by atoms with Crippen LogP contribution in [-0.4, -0.2) is 91.3 Å². The normalized spacial score (nSPS) is 43.4. The zero-order valence-electron chi connectivity index (χ0n) is 23.1. The van der Waals surface area contributed by atoms with Crippen molar-refractivity contribution in [3.05, 3.63) is 47.0 Å². The van der Waals surface area contributed by atoms with Gasteiger partial charge in [-0.25, -0.2) is 9.59 Å². The highest BCUT2D eigenvalue weighted by Crippen LogP contribution is 2.74. The second-order valence-electron chi connectivity index (χ2n) is 12.3. The van der Waals surface area contributed by atoms with Crippen LogP contribution in [0.25, 0.3) is 0 Å². The van der Waals surface area contributed by atoms with Crippen LogP contribution in [0.15, 0.2) is 41.5 Å². The van der Waals surface area contributed by atoms with E-state index in [4.69, 9.17) is 14.2 Å². The largest absolute Gasteiger partial charge is 0.459 e. The van der Waals surface area contributed by atoms with Crippen LogP contribution in [0.1, 0.15) is 57.8 Å². The molecule has 1 heterocycles. The van der Waals surface area contributed by atoms with Gasteiger partial charge in [0.1, 0.15) is 23.4 Å². The van der Waals surface area contributed by atoms with Crippen molar-refractivity contribution in [1.29, 1.82) is 0 Å². The maximum absolute atomic E-state index is 13.8. The van der Waals surface area contributed by atoms with Gasteiger partial charge in [-0.2, -0.15) is 0 Å². The third-order valence-electron chi connectivity index (χ3n) is 10.2. The van der Waals surface area contributed by atoms with Gasteiger partial charge < -0.3 is 39.7 Å². The molecule has 9 atom stereocenters. The smallest absolute Gasteiger partial charge is 0.343 e. The number of aliphatic hydroxyl groups excluding tert-OH is 3. The van der Waals surface area contributed by atoms with Crippen molar-refractivity contribution in [2.45, 2.75) is 88.7 Å². The Bertz CT molecular complexity index is 1290. The standard InChI is InChI=1S/C29H36O11/c1-14-17(32)12-27-20(14)29(37,24(35)40-25(27,3)4)26(5)18(33)11-19(38-15(2)31)28(36,13-30)21(26)22(27)39-23(34)16-9-7-6-8-10-16/h6-10,17-19,21-22,30,32-33,36-37H,11-13H2,1-5H3/t17-,18-,19-,21-,22-,26+,27-,28-,29+/m0/s1. The van der Waals surface area contributed by atoms with Gasteiger partial charge in [-0.05, 0) is 50.5 Å². The summed E-state index contributed by atoms with van der Waals surface area (Å²) >= 11 is 0. The fourth-order valence-electron chi connectivity index (χ4n) is 8.21. The Kier molecular flexibility index (Phi) is 6.34. The van der Waals surface area contributed by atoms with E-state index in [1.54, 1.807) is 39.0 Å². The number of carbonyl (C=O) groups excluding carboxylic acids is 3. The molecule has 11 heteroatoms. The molecule has 0 radical (unpaired) electrons. The van der Waals surface area contributed by atoms with E-state index >= 15 is 0 Å². The van der Waals surface area contributed by atoms with E-state index in [9.17, 15) is 39.9 Å². The van der Waals surface area contributed by atoms with E-state index in [-0.39, 0.29) is 23.1 Å². The van der Waals surface area contributed by atoms with Crippen LogP contribution in [-0.2, 0) is 23.8 Å². The summed E-state index contributed by atoms with van der Waals surface area (Å²) in [5.74, 6) is -4.30. The van der Waals surface area contributed by atoms with Crippen LogP contribution in [0.3, 0.4) is 0 Å². The van der Waals surface area contributed by atoms with Gasteiger partial charge in [-0.15, -0.1) is 0 Å². The van der Waals surface area contributed by atoms with E-state index in [0.717, 1.165) is 6.92 Å². The van der Waals surface area contributed by atoms with E-state index in [2.05, 4.69) is 0 Å². The fraction of sp³-hybridized carbons (Fsp3) is 0.621. The van der Waals surface area contributed by atoms with Crippen molar-refractivity contribution < 1.29 is 54.1 Å². The highest BCUT2D eigenvalue weighted by molar-refractivity contribution is 5.91. The molecule has 218 valence electrons. The first-order valence-corrected chi connectivity index (χ1v) is 13.3. The second kappa shape index (κ2) is 8.83. The highest BCUT2D eigenvalue weighted by Gasteiger charge is 2.86. The first kappa shape index (κ1) is 28.7. The van der Waals surface area contributed by atoms with Gasteiger partial charge in [0.2, 0.25) is 0 Å². The van der Waals surface area contributed by atoms with Gasteiger partial charge in [0, 0.05) is 24.7 Å².